The van der Waals surface area contributed by atoms with Crippen molar-refractivity contribution < 1.29 is 4.79 Å². The van der Waals surface area contributed by atoms with Gasteiger partial charge in [-0.25, -0.2) is 9.78 Å². The van der Waals surface area contributed by atoms with E-state index in [9.17, 15) is 4.79 Å². The molecule has 0 aliphatic carbocycles. The van der Waals surface area contributed by atoms with Gasteiger partial charge in [0.1, 0.15) is 0 Å². The van der Waals surface area contributed by atoms with Gasteiger partial charge in [0.25, 0.3) is 0 Å². The molecular weight excluding hydrogens is 330 g/mol. The van der Waals surface area contributed by atoms with E-state index in [1.165, 1.54) is 0 Å². The van der Waals surface area contributed by atoms with Crippen LogP contribution in [0.1, 0.15) is 23.9 Å². The number of aliphatic imine (C=N–C) groups is 1. The predicted octanol–water partition coefficient (Wildman–Crippen LogP) is 2.56. The molecule has 134 valence electrons. The first-order chi connectivity index (χ1) is 12.5. The smallest absolute Gasteiger partial charge is 0.323 e. The fourth-order valence-electron chi connectivity index (χ4n) is 2.81. The fourth-order valence-corrected chi connectivity index (χ4v) is 2.81. The van der Waals surface area contributed by atoms with E-state index in [1.54, 1.807) is 34.1 Å². The number of carbonyl (C=O) groups excluding carboxylic acids is 1. The SMILES string of the molecule is C=N/C=C(\C=C/C)c1ccc(N)c(NC(=O)N2Cc3cnn(C)c3C2)n1. The lowest BCUT2D eigenvalue weighted by molar-refractivity contribution is 0.211. The summed E-state index contributed by atoms with van der Waals surface area (Å²) in [5, 5.41) is 6.99. The molecule has 8 heteroatoms. The molecular formula is C18H21N7O. The van der Waals surface area contributed by atoms with E-state index in [4.69, 9.17) is 5.73 Å². The van der Waals surface area contributed by atoms with Crippen molar-refractivity contribution in [3.05, 3.63) is 53.6 Å². The Balaban J connectivity index is 1.79. The number of anilines is 2. The number of nitrogens with two attached hydrogens (primary N) is 1. The number of pyridine rings is 1. The summed E-state index contributed by atoms with van der Waals surface area (Å²) in [6.45, 7) is 6.39. The number of urea groups is 1. The molecule has 0 bridgehead atoms. The molecule has 0 aromatic carbocycles. The van der Waals surface area contributed by atoms with Crippen molar-refractivity contribution in [3.8, 4) is 0 Å². The number of hydrogen-bond donors (Lipinski definition) is 2. The summed E-state index contributed by atoms with van der Waals surface area (Å²) in [5.74, 6) is 0.320. The van der Waals surface area contributed by atoms with Crippen LogP contribution >= 0.6 is 0 Å². The van der Waals surface area contributed by atoms with Gasteiger partial charge in [0.05, 0.1) is 36.4 Å². The van der Waals surface area contributed by atoms with Crippen molar-refractivity contribution in [3.63, 3.8) is 0 Å². The van der Waals surface area contributed by atoms with E-state index in [2.05, 4.69) is 27.1 Å². The molecule has 0 atom stereocenters. The van der Waals surface area contributed by atoms with Crippen LogP contribution < -0.4 is 11.1 Å². The van der Waals surface area contributed by atoms with Crippen molar-refractivity contribution >= 4 is 29.8 Å². The quantitative estimate of drug-likeness (QED) is 0.653. The van der Waals surface area contributed by atoms with E-state index >= 15 is 0 Å². The molecule has 0 saturated heterocycles. The Labute approximate surface area is 151 Å². The van der Waals surface area contributed by atoms with Gasteiger partial charge in [-0.1, -0.05) is 12.2 Å². The average Bonchev–Trinajstić information content (AvgIpc) is 3.19. The molecule has 0 radical (unpaired) electrons. The number of aryl methyl sites for hydroxylation is 1. The molecule has 0 saturated carbocycles. The number of nitrogen functional groups attached to an aromatic ring is 1. The Morgan fingerprint density at radius 2 is 2.23 bits per heavy atom. The summed E-state index contributed by atoms with van der Waals surface area (Å²) in [4.78, 5) is 22.6. The van der Waals surface area contributed by atoms with Gasteiger partial charge in [0.15, 0.2) is 5.82 Å². The average molecular weight is 351 g/mol. The number of hydrogen-bond acceptors (Lipinski definition) is 5. The van der Waals surface area contributed by atoms with Crippen LogP contribution in [0.5, 0.6) is 0 Å². The van der Waals surface area contributed by atoms with Crippen LogP contribution in [-0.2, 0) is 20.1 Å². The molecule has 8 nitrogen and oxygen atoms in total. The number of allylic oxidation sites excluding steroid dienone is 3. The lowest BCUT2D eigenvalue weighted by atomic mass is 10.1. The number of rotatable bonds is 4. The minimum atomic E-state index is -0.254. The molecule has 2 amide bonds. The van der Waals surface area contributed by atoms with Crippen molar-refractivity contribution in [2.45, 2.75) is 20.0 Å². The third-order valence-electron chi connectivity index (χ3n) is 4.16. The number of aromatic nitrogens is 3. The lowest BCUT2D eigenvalue weighted by Gasteiger charge is -2.17. The van der Waals surface area contributed by atoms with Gasteiger partial charge in [-0.15, -0.1) is 0 Å². The number of nitrogens with one attached hydrogen (secondary N) is 1. The molecule has 1 aliphatic heterocycles. The summed E-state index contributed by atoms with van der Waals surface area (Å²) in [6.07, 6.45) is 7.13. The Morgan fingerprint density at radius 1 is 1.42 bits per heavy atom. The van der Waals surface area contributed by atoms with Crippen molar-refractivity contribution in [2.24, 2.45) is 12.0 Å². The molecule has 2 aromatic heterocycles. The van der Waals surface area contributed by atoms with Crippen LogP contribution in [0.15, 0.2) is 41.7 Å². The Bertz CT molecular complexity index is 910. The minimum Gasteiger partial charge on any atom is -0.396 e. The molecule has 0 unspecified atom stereocenters. The zero-order chi connectivity index (χ0) is 18.7. The summed E-state index contributed by atoms with van der Waals surface area (Å²) in [6, 6.07) is 3.23. The van der Waals surface area contributed by atoms with Gasteiger partial charge in [-0.3, -0.25) is 15.0 Å². The Hall–Kier alpha value is -3.42. The summed E-state index contributed by atoms with van der Waals surface area (Å²) < 4.78 is 1.78. The molecule has 2 aromatic rings. The zero-order valence-electron chi connectivity index (χ0n) is 14.8. The highest BCUT2D eigenvalue weighted by molar-refractivity contribution is 5.92. The van der Waals surface area contributed by atoms with Gasteiger partial charge in [0.2, 0.25) is 0 Å². The highest BCUT2D eigenvalue weighted by Gasteiger charge is 2.26. The van der Waals surface area contributed by atoms with E-state index in [0.717, 1.165) is 16.8 Å². The Kier molecular flexibility index (Phi) is 4.83. The molecule has 3 rings (SSSR count). The molecule has 1 aliphatic rings. The third kappa shape index (κ3) is 3.34. The summed E-state index contributed by atoms with van der Waals surface area (Å²) in [7, 11) is 1.87. The first-order valence-corrected chi connectivity index (χ1v) is 8.14. The highest BCUT2D eigenvalue weighted by Crippen LogP contribution is 2.25. The molecule has 26 heavy (non-hydrogen) atoms. The number of nitrogens with zero attached hydrogens (tertiary/aromatic N) is 5. The van der Waals surface area contributed by atoms with Gasteiger partial charge in [-0.05, 0) is 25.8 Å². The second kappa shape index (κ2) is 7.22. The van der Waals surface area contributed by atoms with Crippen LogP contribution in [0.25, 0.3) is 5.57 Å². The first-order valence-electron chi connectivity index (χ1n) is 8.14. The van der Waals surface area contributed by atoms with E-state index < -0.39 is 0 Å². The van der Waals surface area contributed by atoms with Crippen LogP contribution in [0.4, 0.5) is 16.3 Å². The molecule has 3 heterocycles. The van der Waals surface area contributed by atoms with E-state index in [1.807, 2.05) is 26.1 Å². The predicted molar refractivity (Wildman–Crippen MR) is 102 cm³/mol. The maximum absolute atomic E-state index is 12.6. The van der Waals surface area contributed by atoms with Crippen LogP contribution in [0.2, 0.25) is 0 Å². The van der Waals surface area contributed by atoms with Crippen molar-refractivity contribution in [1.82, 2.24) is 19.7 Å². The minimum absolute atomic E-state index is 0.254. The van der Waals surface area contributed by atoms with Crippen LogP contribution in [-0.4, -0.2) is 32.4 Å². The topological polar surface area (TPSA) is 101 Å². The first kappa shape index (κ1) is 17.4. The standard InChI is InChI=1S/C18H21N7O/c1-4-5-12(8-20-2)15-7-6-14(19)17(22-15)23-18(26)25-10-13-9-21-24(3)16(13)11-25/h4-9H,2,10-11,19H2,1,3H3,(H,22,23,26)/b5-4-,12-8+. The maximum atomic E-state index is 12.6. The summed E-state index contributed by atoms with van der Waals surface area (Å²) in [5.41, 5.74) is 9.89. The van der Waals surface area contributed by atoms with Crippen LogP contribution in [0.3, 0.4) is 0 Å². The Morgan fingerprint density at radius 3 is 2.92 bits per heavy atom. The zero-order valence-corrected chi connectivity index (χ0v) is 14.8. The van der Waals surface area contributed by atoms with Crippen molar-refractivity contribution in [2.75, 3.05) is 11.1 Å². The summed E-state index contributed by atoms with van der Waals surface area (Å²) >= 11 is 0. The molecule has 0 spiro atoms. The monoisotopic (exact) mass is 351 g/mol. The lowest BCUT2D eigenvalue weighted by Crippen LogP contribution is -2.31. The maximum Gasteiger partial charge on any atom is 0.323 e. The van der Waals surface area contributed by atoms with E-state index in [0.29, 0.717) is 30.3 Å². The van der Waals surface area contributed by atoms with Gasteiger partial charge in [0, 0.05) is 24.4 Å². The van der Waals surface area contributed by atoms with Gasteiger partial charge < -0.3 is 10.6 Å². The number of fused-ring (bicyclic) bond motifs is 1. The van der Waals surface area contributed by atoms with Crippen LogP contribution in [0, 0.1) is 0 Å². The van der Waals surface area contributed by atoms with Gasteiger partial charge >= 0.3 is 6.03 Å². The van der Waals surface area contributed by atoms with Gasteiger partial charge in [-0.2, -0.15) is 5.10 Å². The molecule has 3 N–H and O–H groups in total. The highest BCUT2D eigenvalue weighted by atomic mass is 16.2. The second-order valence-corrected chi connectivity index (χ2v) is 5.93. The third-order valence-corrected chi connectivity index (χ3v) is 4.16. The normalized spacial score (nSPS) is 13.9. The number of carbonyl (C=O) groups is 1. The van der Waals surface area contributed by atoms with Crippen molar-refractivity contribution in [1.29, 1.82) is 0 Å². The number of amides is 2. The molecule has 0 fully saturated rings. The largest absolute Gasteiger partial charge is 0.396 e. The van der Waals surface area contributed by atoms with E-state index in [-0.39, 0.29) is 6.03 Å². The fraction of sp³-hybridized carbons (Fsp3) is 0.222. The second-order valence-electron chi connectivity index (χ2n) is 5.93.